The molecule has 0 saturated carbocycles. The Morgan fingerprint density at radius 3 is 2.88 bits per heavy atom. The van der Waals surface area contributed by atoms with Crippen LogP contribution in [0.5, 0.6) is 0 Å². The normalized spacial score (nSPS) is 10.0. The van der Waals surface area contributed by atoms with E-state index in [1.807, 2.05) is 30.5 Å². The predicted octanol–water partition coefficient (Wildman–Crippen LogP) is 3.72. The second-order valence-corrected chi connectivity index (χ2v) is 4.70. The molecule has 0 aliphatic rings. The number of rotatable bonds is 6. The average Bonchev–Trinajstić information content (AvgIpc) is 2.35. The fraction of sp³-hybridized carbons (Fsp3) is 0.462. The first-order chi connectivity index (χ1) is 8.26. The van der Waals surface area contributed by atoms with Crippen molar-refractivity contribution in [3.63, 3.8) is 0 Å². The van der Waals surface area contributed by atoms with E-state index >= 15 is 0 Å². The van der Waals surface area contributed by atoms with Crippen molar-refractivity contribution in [2.45, 2.75) is 31.1 Å². The van der Waals surface area contributed by atoms with Gasteiger partial charge in [0.1, 0.15) is 0 Å². The lowest BCUT2D eigenvalue weighted by atomic mass is 10.2. The Morgan fingerprint density at radius 1 is 1.35 bits per heavy atom. The van der Waals surface area contributed by atoms with Crippen LogP contribution in [0.25, 0.3) is 0 Å². The number of urea groups is 1. The highest BCUT2D eigenvalue weighted by atomic mass is 32.2. The van der Waals surface area contributed by atoms with Gasteiger partial charge in [0.25, 0.3) is 0 Å². The number of thioether (sulfide) groups is 1. The maximum Gasteiger partial charge on any atom is 0.319 e. The zero-order chi connectivity index (χ0) is 12.5. The molecule has 0 aliphatic carbocycles. The van der Waals surface area contributed by atoms with Crippen molar-refractivity contribution >= 4 is 23.5 Å². The Kier molecular flexibility index (Phi) is 6.55. The number of unbranched alkanes of at least 4 members (excludes halogenated alkanes) is 2. The number of carbonyl (C=O) groups is 1. The van der Waals surface area contributed by atoms with E-state index in [4.69, 9.17) is 0 Å². The van der Waals surface area contributed by atoms with Crippen molar-refractivity contribution in [1.82, 2.24) is 5.32 Å². The molecule has 0 aliphatic heterocycles. The van der Waals surface area contributed by atoms with Gasteiger partial charge < -0.3 is 10.6 Å². The van der Waals surface area contributed by atoms with Gasteiger partial charge in [0, 0.05) is 17.1 Å². The number of nitrogens with one attached hydrogen (secondary N) is 2. The summed E-state index contributed by atoms with van der Waals surface area (Å²) in [7, 11) is 0. The fourth-order valence-corrected chi connectivity index (χ4v) is 1.91. The van der Waals surface area contributed by atoms with E-state index in [1.54, 1.807) is 11.8 Å². The molecule has 1 rings (SSSR count). The highest BCUT2D eigenvalue weighted by molar-refractivity contribution is 7.98. The highest BCUT2D eigenvalue weighted by Crippen LogP contribution is 2.18. The maximum atomic E-state index is 11.5. The molecule has 0 radical (unpaired) electrons. The van der Waals surface area contributed by atoms with Crippen LogP contribution in [0.15, 0.2) is 29.2 Å². The Bertz CT molecular complexity index is 355. The summed E-state index contributed by atoms with van der Waals surface area (Å²) in [5.41, 5.74) is 0.838. The third kappa shape index (κ3) is 5.63. The third-order valence-electron chi connectivity index (χ3n) is 2.39. The van der Waals surface area contributed by atoms with Gasteiger partial charge in [-0.2, -0.15) is 0 Å². The largest absolute Gasteiger partial charge is 0.338 e. The molecule has 0 aromatic heterocycles. The lowest BCUT2D eigenvalue weighted by molar-refractivity contribution is 0.252. The summed E-state index contributed by atoms with van der Waals surface area (Å²) < 4.78 is 0. The summed E-state index contributed by atoms with van der Waals surface area (Å²) in [4.78, 5) is 12.7. The van der Waals surface area contributed by atoms with Gasteiger partial charge in [-0.05, 0) is 30.9 Å². The van der Waals surface area contributed by atoms with Gasteiger partial charge >= 0.3 is 6.03 Å². The first kappa shape index (κ1) is 13.9. The molecule has 0 atom stereocenters. The molecule has 2 N–H and O–H groups in total. The van der Waals surface area contributed by atoms with Crippen LogP contribution in [0.2, 0.25) is 0 Å². The second kappa shape index (κ2) is 8.01. The smallest absolute Gasteiger partial charge is 0.319 e. The van der Waals surface area contributed by atoms with Gasteiger partial charge in [0.2, 0.25) is 0 Å². The molecule has 0 spiro atoms. The van der Waals surface area contributed by atoms with Crippen molar-refractivity contribution in [3.8, 4) is 0 Å². The molecule has 2 amide bonds. The predicted molar refractivity (Wildman–Crippen MR) is 74.8 cm³/mol. The van der Waals surface area contributed by atoms with E-state index in [9.17, 15) is 4.79 Å². The number of hydrogen-bond donors (Lipinski definition) is 2. The Labute approximate surface area is 107 Å². The van der Waals surface area contributed by atoms with E-state index in [0.29, 0.717) is 0 Å². The molecular formula is C13H20N2OS. The minimum atomic E-state index is -0.126. The van der Waals surface area contributed by atoms with E-state index in [-0.39, 0.29) is 6.03 Å². The maximum absolute atomic E-state index is 11.5. The van der Waals surface area contributed by atoms with Crippen molar-refractivity contribution in [2.75, 3.05) is 18.1 Å². The second-order valence-electron chi connectivity index (χ2n) is 3.82. The van der Waals surface area contributed by atoms with Crippen molar-refractivity contribution in [3.05, 3.63) is 24.3 Å². The molecule has 0 heterocycles. The molecule has 0 bridgehead atoms. The van der Waals surface area contributed by atoms with Crippen LogP contribution >= 0.6 is 11.8 Å². The Hall–Kier alpha value is -1.16. The van der Waals surface area contributed by atoms with Gasteiger partial charge in [-0.3, -0.25) is 0 Å². The number of amides is 2. The average molecular weight is 252 g/mol. The first-order valence-electron chi connectivity index (χ1n) is 5.95. The molecule has 17 heavy (non-hydrogen) atoms. The van der Waals surface area contributed by atoms with Crippen LogP contribution in [0.1, 0.15) is 26.2 Å². The molecule has 1 aromatic carbocycles. The van der Waals surface area contributed by atoms with Crippen LogP contribution in [-0.2, 0) is 0 Å². The summed E-state index contributed by atoms with van der Waals surface area (Å²) >= 11 is 1.66. The van der Waals surface area contributed by atoms with Gasteiger partial charge in [-0.25, -0.2) is 4.79 Å². The number of anilines is 1. The van der Waals surface area contributed by atoms with Crippen molar-refractivity contribution < 1.29 is 4.79 Å². The Morgan fingerprint density at radius 2 is 2.18 bits per heavy atom. The molecule has 0 fully saturated rings. The fourth-order valence-electron chi connectivity index (χ4n) is 1.45. The van der Waals surface area contributed by atoms with Crippen LogP contribution in [0.4, 0.5) is 10.5 Å². The molecular weight excluding hydrogens is 232 g/mol. The molecule has 4 heteroatoms. The summed E-state index contributed by atoms with van der Waals surface area (Å²) in [6.45, 7) is 2.88. The van der Waals surface area contributed by atoms with Crippen LogP contribution in [0, 0.1) is 0 Å². The summed E-state index contributed by atoms with van der Waals surface area (Å²) in [5.74, 6) is 0. The van der Waals surface area contributed by atoms with Crippen molar-refractivity contribution in [1.29, 1.82) is 0 Å². The lowest BCUT2D eigenvalue weighted by Gasteiger charge is -2.08. The van der Waals surface area contributed by atoms with Crippen molar-refractivity contribution in [2.24, 2.45) is 0 Å². The number of benzene rings is 1. The number of hydrogen-bond acceptors (Lipinski definition) is 2. The standard InChI is InChI=1S/C13H20N2OS/c1-3-4-5-9-14-13(16)15-11-7-6-8-12(10-11)17-2/h6-8,10H,3-5,9H2,1-2H3,(H2,14,15,16). The summed E-state index contributed by atoms with van der Waals surface area (Å²) in [5, 5.41) is 5.68. The molecule has 1 aromatic rings. The van der Waals surface area contributed by atoms with Gasteiger partial charge in [0.05, 0.1) is 0 Å². The SMILES string of the molecule is CCCCCNC(=O)Nc1cccc(SC)c1. The summed E-state index contributed by atoms with van der Waals surface area (Å²) in [6.07, 6.45) is 5.38. The van der Waals surface area contributed by atoms with E-state index in [1.165, 1.54) is 6.42 Å². The third-order valence-corrected chi connectivity index (χ3v) is 3.12. The number of carbonyl (C=O) groups excluding carboxylic acids is 1. The van der Waals surface area contributed by atoms with Gasteiger partial charge in [-0.1, -0.05) is 25.8 Å². The first-order valence-corrected chi connectivity index (χ1v) is 7.17. The monoisotopic (exact) mass is 252 g/mol. The molecule has 94 valence electrons. The van der Waals surface area contributed by atoms with E-state index < -0.39 is 0 Å². The molecule has 0 unspecified atom stereocenters. The molecule has 3 nitrogen and oxygen atoms in total. The lowest BCUT2D eigenvalue weighted by Crippen LogP contribution is -2.29. The quantitative estimate of drug-likeness (QED) is 0.598. The van der Waals surface area contributed by atoms with Crippen LogP contribution in [0.3, 0.4) is 0 Å². The zero-order valence-electron chi connectivity index (χ0n) is 10.5. The molecule has 0 saturated heterocycles. The Balaban J connectivity index is 2.34. The minimum absolute atomic E-state index is 0.126. The summed E-state index contributed by atoms with van der Waals surface area (Å²) in [6, 6.07) is 7.70. The van der Waals surface area contributed by atoms with Crippen LogP contribution in [-0.4, -0.2) is 18.8 Å². The zero-order valence-corrected chi connectivity index (χ0v) is 11.3. The minimum Gasteiger partial charge on any atom is -0.338 e. The van der Waals surface area contributed by atoms with E-state index in [2.05, 4.69) is 17.6 Å². The highest BCUT2D eigenvalue weighted by Gasteiger charge is 2.01. The van der Waals surface area contributed by atoms with Gasteiger partial charge in [-0.15, -0.1) is 11.8 Å². The van der Waals surface area contributed by atoms with E-state index in [0.717, 1.165) is 30.0 Å². The van der Waals surface area contributed by atoms with Gasteiger partial charge in [0.15, 0.2) is 0 Å². The topological polar surface area (TPSA) is 41.1 Å². The van der Waals surface area contributed by atoms with Crippen LogP contribution < -0.4 is 10.6 Å².